The molecule has 2 rings (SSSR count). The lowest BCUT2D eigenvalue weighted by molar-refractivity contribution is -0.394. The smallest absolute Gasteiger partial charge is 0.320 e. The highest BCUT2D eigenvalue weighted by Crippen LogP contribution is 2.34. The first kappa shape index (κ1) is 17.8. The third-order valence-corrected chi connectivity index (χ3v) is 3.27. The molecule has 0 saturated heterocycles. The van der Waals surface area contributed by atoms with E-state index < -0.39 is 33.2 Å². The molecule has 0 aliphatic heterocycles. The Morgan fingerprint density at radius 3 is 2.28 bits per heavy atom. The highest BCUT2D eigenvalue weighted by atomic mass is 16.6. The van der Waals surface area contributed by atoms with E-state index >= 15 is 0 Å². The molecule has 10 nitrogen and oxygen atoms in total. The molecule has 0 aromatic heterocycles. The van der Waals surface area contributed by atoms with Gasteiger partial charge in [-0.3, -0.25) is 25.0 Å². The molecule has 0 aliphatic rings. The van der Waals surface area contributed by atoms with Crippen molar-refractivity contribution in [2.75, 3.05) is 0 Å². The van der Waals surface area contributed by atoms with Gasteiger partial charge in [-0.2, -0.15) is 0 Å². The molecule has 0 amide bonds. The number of non-ortho nitro benzene ring substituents is 1. The van der Waals surface area contributed by atoms with E-state index in [9.17, 15) is 25.0 Å². The summed E-state index contributed by atoms with van der Waals surface area (Å²) in [4.78, 5) is 31.0. The number of benzene rings is 2. The van der Waals surface area contributed by atoms with Crippen molar-refractivity contribution in [2.24, 2.45) is 5.73 Å². The summed E-state index contributed by atoms with van der Waals surface area (Å²) in [7, 11) is 0. The Morgan fingerprint density at radius 1 is 1.12 bits per heavy atom. The number of rotatable bonds is 7. The van der Waals surface area contributed by atoms with Gasteiger partial charge in [0.25, 0.3) is 5.69 Å². The zero-order chi connectivity index (χ0) is 18.6. The van der Waals surface area contributed by atoms with Crippen LogP contribution in [-0.4, -0.2) is 27.0 Å². The molecule has 0 radical (unpaired) electrons. The predicted molar refractivity (Wildman–Crippen MR) is 85.6 cm³/mol. The topological polar surface area (TPSA) is 159 Å². The molecule has 0 fully saturated rings. The van der Waals surface area contributed by atoms with Crippen LogP contribution < -0.4 is 10.5 Å². The minimum absolute atomic E-state index is 0.118. The van der Waals surface area contributed by atoms with E-state index in [1.54, 1.807) is 12.1 Å². The van der Waals surface area contributed by atoms with Gasteiger partial charge in [-0.1, -0.05) is 12.1 Å². The summed E-state index contributed by atoms with van der Waals surface area (Å²) in [6.07, 6.45) is 0.118. The molecule has 2 aromatic rings. The van der Waals surface area contributed by atoms with Crippen LogP contribution in [0.1, 0.15) is 5.56 Å². The number of nitrogens with two attached hydrogens (primary N) is 1. The Balaban J connectivity index is 2.20. The summed E-state index contributed by atoms with van der Waals surface area (Å²) >= 11 is 0. The first-order chi connectivity index (χ1) is 11.8. The zero-order valence-electron chi connectivity index (χ0n) is 12.7. The molecule has 0 unspecified atom stereocenters. The first-order valence-corrected chi connectivity index (χ1v) is 6.96. The zero-order valence-corrected chi connectivity index (χ0v) is 12.7. The van der Waals surface area contributed by atoms with E-state index in [2.05, 4.69) is 0 Å². The number of aliphatic carboxylic acids is 1. The third-order valence-electron chi connectivity index (χ3n) is 3.27. The van der Waals surface area contributed by atoms with Crippen molar-refractivity contribution in [3.05, 3.63) is 68.3 Å². The maximum Gasteiger partial charge on any atom is 0.320 e. The van der Waals surface area contributed by atoms with Crippen LogP contribution in [0.15, 0.2) is 42.5 Å². The minimum Gasteiger partial charge on any atom is -0.480 e. The Hall–Kier alpha value is -3.53. The van der Waals surface area contributed by atoms with Gasteiger partial charge in [-0.05, 0) is 30.2 Å². The summed E-state index contributed by atoms with van der Waals surface area (Å²) in [5.41, 5.74) is 5.14. The minimum atomic E-state index is -1.12. The van der Waals surface area contributed by atoms with Gasteiger partial charge in [0.2, 0.25) is 5.75 Å². The SMILES string of the molecule is N[C@H](Cc1ccc(Oc2ccc([N+](=O)[O-])cc2[N+](=O)[O-])cc1)C(=O)O. The lowest BCUT2D eigenvalue weighted by atomic mass is 10.1. The second kappa shape index (κ2) is 7.36. The fraction of sp³-hybridized carbons (Fsp3) is 0.133. The Bertz CT molecular complexity index is 820. The molecule has 25 heavy (non-hydrogen) atoms. The van der Waals surface area contributed by atoms with Crippen molar-refractivity contribution in [2.45, 2.75) is 12.5 Å². The fourth-order valence-corrected chi connectivity index (χ4v) is 2.01. The molecule has 0 spiro atoms. The number of hydrogen-bond acceptors (Lipinski definition) is 7. The van der Waals surface area contributed by atoms with Crippen molar-refractivity contribution in [1.82, 2.24) is 0 Å². The van der Waals surface area contributed by atoms with Gasteiger partial charge in [-0.15, -0.1) is 0 Å². The maximum absolute atomic E-state index is 11.1. The fourth-order valence-electron chi connectivity index (χ4n) is 2.01. The second-order valence-corrected chi connectivity index (χ2v) is 5.06. The van der Waals surface area contributed by atoms with Gasteiger partial charge in [0.1, 0.15) is 11.8 Å². The Morgan fingerprint density at radius 2 is 1.76 bits per heavy atom. The predicted octanol–water partition coefficient (Wildman–Crippen LogP) is 2.25. The highest BCUT2D eigenvalue weighted by molar-refractivity contribution is 5.73. The number of ether oxygens (including phenoxy) is 1. The van der Waals surface area contributed by atoms with Gasteiger partial charge in [0, 0.05) is 6.07 Å². The van der Waals surface area contributed by atoms with Crippen LogP contribution in [0.3, 0.4) is 0 Å². The second-order valence-electron chi connectivity index (χ2n) is 5.06. The number of carbonyl (C=O) groups is 1. The molecule has 0 bridgehead atoms. The summed E-state index contributed by atoms with van der Waals surface area (Å²) in [5.74, 6) is -1.02. The van der Waals surface area contributed by atoms with Crippen molar-refractivity contribution in [3.63, 3.8) is 0 Å². The molecule has 130 valence electrons. The maximum atomic E-state index is 11.1. The van der Waals surface area contributed by atoms with Crippen LogP contribution in [0, 0.1) is 20.2 Å². The van der Waals surface area contributed by atoms with Crippen molar-refractivity contribution in [1.29, 1.82) is 0 Å². The van der Waals surface area contributed by atoms with E-state index in [1.165, 1.54) is 12.1 Å². The molecule has 0 saturated carbocycles. The van der Waals surface area contributed by atoms with E-state index in [1.807, 2.05) is 0 Å². The number of carboxylic acids is 1. The van der Waals surface area contributed by atoms with Crippen LogP contribution >= 0.6 is 0 Å². The van der Waals surface area contributed by atoms with Crippen molar-refractivity contribution in [3.8, 4) is 11.5 Å². The van der Waals surface area contributed by atoms with Crippen molar-refractivity contribution >= 4 is 17.3 Å². The lowest BCUT2D eigenvalue weighted by Crippen LogP contribution is -2.32. The number of nitro benzene ring substituents is 2. The molecule has 0 heterocycles. The van der Waals surface area contributed by atoms with Crippen LogP contribution in [0.25, 0.3) is 0 Å². The van der Waals surface area contributed by atoms with Crippen LogP contribution in [0.4, 0.5) is 11.4 Å². The normalized spacial score (nSPS) is 11.6. The van der Waals surface area contributed by atoms with Crippen LogP contribution in [0.2, 0.25) is 0 Å². The quantitative estimate of drug-likeness (QED) is 0.569. The summed E-state index contributed by atoms with van der Waals surface area (Å²) in [6.45, 7) is 0. The highest BCUT2D eigenvalue weighted by Gasteiger charge is 2.21. The third kappa shape index (κ3) is 4.48. The van der Waals surface area contributed by atoms with E-state index in [0.717, 1.165) is 18.2 Å². The molecular formula is C15H13N3O7. The largest absolute Gasteiger partial charge is 0.480 e. The molecule has 3 N–H and O–H groups in total. The van der Waals surface area contributed by atoms with Gasteiger partial charge in [0.05, 0.1) is 15.9 Å². The average molecular weight is 347 g/mol. The van der Waals surface area contributed by atoms with Crippen LogP contribution in [0.5, 0.6) is 11.5 Å². The number of carboxylic acid groups (broad SMARTS) is 1. The summed E-state index contributed by atoms with van der Waals surface area (Å²) < 4.78 is 5.40. The molecule has 1 atom stereocenters. The molecule has 0 aliphatic carbocycles. The first-order valence-electron chi connectivity index (χ1n) is 6.96. The van der Waals surface area contributed by atoms with Gasteiger partial charge < -0.3 is 15.6 Å². The standard InChI is InChI=1S/C15H13N3O7/c16-12(15(19)20)7-9-1-4-11(5-2-9)25-14-6-3-10(17(21)22)8-13(14)18(23)24/h1-6,8,12H,7,16H2,(H,19,20)/t12-/m1/s1. The molecule has 2 aromatic carbocycles. The number of nitrogens with zero attached hydrogens (tertiary/aromatic N) is 2. The van der Waals surface area contributed by atoms with Gasteiger partial charge >= 0.3 is 11.7 Å². The van der Waals surface area contributed by atoms with E-state index in [0.29, 0.717) is 5.56 Å². The Labute approximate surface area is 140 Å². The average Bonchev–Trinajstić information content (AvgIpc) is 2.56. The monoisotopic (exact) mass is 347 g/mol. The van der Waals surface area contributed by atoms with Crippen LogP contribution in [-0.2, 0) is 11.2 Å². The lowest BCUT2D eigenvalue weighted by Gasteiger charge is -2.09. The summed E-state index contributed by atoms with van der Waals surface area (Å²) in [5, 5.41) is 30.5. The number of nitro groups is 2. The van der Waals surface area contributed by atoms with E-state index in [4.69, 9.17) is 15.6 Å². The van der Waals surface area contributed by atoms with Crippen molar-refractivity contribution < 1.29 is 24.5 Å². The van der Waals surface area contributed by atoms with E-state index in [-0.39, 0.29) is 17.9 Å². The number of hydrogen-bond donors (Lipinski definition) is 2. The van der Waals surface area contributed by atoms with Gasteiger partial charge in [-0.25, -0.2) is 0 Å². The molecule has 10 heteroatoms. The van der Waals surface area contributed by atoms with Gasteiger partial charge in [0.15, 0.2) is 0 Å². The summed E-state index contributed by atoms with van der Waals surface area (Å²) in [6, 6.07) is 8.17. The molecular weight excluding hydrogens is 334 g/mol. The Kier molecular flexibility index (Phi) is 5.25.